The molecule has 1 nitrogen and oxygen atoms in total. The van der Waals surface area contributed by atoms with E-state index in [4.69, 9.17) is 0 Å². The summed E-state index contributed by atoms with van der Waals surface area (Å²) in [6, 6.07) is 15.7. The minimum absolute atomic E-state index is 0.275. The second kappa shape index (κ2) is 5.78. The van der Waals surface area contributed by atoms with Crippen LogP contribution in [0, 0.1) is 6.92 Å². The highest BCUT2D eigenvalue weighted by Gasteiger charge is 2.16. The molecule has 0 bridgehead atoms. The minimum atomic E-state index is 0.275. The Morgan fingerprint density at radius 2 is 1.85 bits per heavy atom. The van der Waals surface area contributed by atoms with Gasteiger partial charge >= 0.3 is 0 Å². The molecule has 2 heteroatoms. The zero-order valence-corrected chi connectivity index (χ0v) is 12.7. The van der Waals surface area contributed by atoms with Gasteiger partial charge in [0.2, 0.25) is 0 Å². The first kappa shape index (κ1) is 13.3. The molecule has 1 heterocycles. The molecule has 20 heavy (non-hydrogen) atoms. The predicted molar refractivity (Wildman–Crippen MR) is 88.5 cm³/mol. The van der Waals surface area contributed by atoms with Crippen molar-refractivity contribution in [1.82, 2.24) is 5.32 Å². The van der Waals surface area contributed by atoms with Gasteiger partial charge in [0.1, 0.15) is 0 Å². The number of hydrogen-bond donors (Lipinski definition) is 1. The maximum Gasteiger partial charge on any atom is 0.0590 e. The molecule has 3 aromatic rings. The van der Waals surface area contributed by atoms with Crippen LogP contribution in [0.3, 0.4) is 0 Å². The second-order valence-electron chi connectivity index (χ2n) is 5.06. The monoisotopic (exact) mass is 281 g/mol. The van der Waals surface area contributed by atoms with Crippen molar-refractivity contribution < 1.29 is 0 Å². The summed E-state index contributed by atoms with van der Waals surface area (Å²) >= 11 is 1.76. The van der Waals surface area contributed by atoms with Crippen molar-refractivity contribution >= 4 is 22.1 Å². The van der Waals surface area contributed by atoms with Gasteiger partial charge in [-0.15, -0.1) is 0 Å². The Hall–Kier alpha value is -1.64. The Labute approximate surface area is 124 Å². The fraction of sp³-hybridized carbons (Fsp3) is 0.222. The van der Waals surface area contributed by atoms with Crippen molar-refractivity contribution in [2.75, 3.05) is 6.54 Å². The summed E-state index contributed by atoms with van der Waals surface area (Å²) in [7, 11) is 0. The third kappa shape index (κ3) is 2.37. The van der Waals surface area contributed by atoms with Gasteiger partial charge in [-0.3, -0.25) is 0 Å². The van der Waals surface area contributed by atoms with Crippen LogP contribution in [-0.2, 0) is 0 Å². The van der Waals surface area contributed by atoms with E-state index in [-0.39, 0.29) is 6.04 Å². The molecule has 0 fully saturated rings. The number of fused-ring (bicyclic) bond motifs is 1. The van der Waals surface area contributed by atoms with E-state index in [9.17, 15) is 0 Å². The predicted octanol–water partition coefficient (Wildman–Crippen LogP) is 4.91. The minimum Gasteiger partial charge on any atom is -0.306 e. The van der Waals surface area contributed by atoms with Crippen LogP contribution in [0.25, 0.3) is 10.8 Å². The molecule has 0 aliphatic carbocycles. The fourth-order valence-electron chi connectivity index (χ4n) is 2.78. The van der Waals surface area contributed by atoms with E-state index in [1.165, 1.54) is 27.5 Å². The molecule has 1 atom stereocenters. The zero-order chi connectivity index (χ0) is 13.9. The maximum atomic E-state index is 3.62. The van der Waals surface area contributed by atoms with Gasteiger partial charge in [-0.25, -0.2) is 0 Å². The van der Waals surface area contributed by atoms with Crippen molar-refractivity contribution in [3.63, 3.8) is 0 Å². The number of aryl methyl sites for hydroxylation is 1. The third-order valence-corrected chi connectivity index (χ3v) is 4.47. The smallest absolute Gasteiger partial charge is 0.0590 e. The van der Waals surface area contributed by atoms with Gasteiger partial charge < -0.3 is 5.32 Å². The third-order valence-electron chi connectivity index (χ3n) is 3.77. The summed E-state index contributed by atoms with van der Waals surface area (Å²) in [6.07, 6.45) is 0. The van der Waals surface area contributed by atoms with E-state index in [1.807, 2.05) is 0 Å². The summed E-state index contributed by atoms with van der Waals surface area (Å²) < 4.78 is 0. The van der Waals surface area contributed by atoms with E-state index < -0.39 is 0 Å². The molecule has 0 spiro atoms. The first-order valence-corrected chi connectivity index (χ1v) is 7.99. The lowest BCUT2D eigenvalue weighted by Crippen LogP contribution is -2.21. The average Bonchev–Trinajstić information content (AvgIpc) is 3.00. The van der Waals surface area contributed by atoms with Crippen LogP contribution in [0.4, 0.5) is 0 Å². The van der Waals surface area contributed by atoms with Crippen LogP contribution in [0.15, 0.2) is 53.2 Å². The molecule has 2 aromatic carbocycles. The van der Waals surface area contributed by atoms with Crippen LogP contribution in [0.5, 0.6) is 0 Å². The van der Waals surface area contributed by atoms with Gasteiger partial charge in [-0.2, -0.15) is 11.3 Å². The topological polar surface area (TPSA) is 12.0 Å². The van der Waals surface area contributed by atoms with Crippen molar-refractivity contribution in [3.05, 3.63) is 69.9 Å². The standard InChI is InChI=1S/C18H19NS/c1-3-19-18(14-10-11-20-12-14)17-9-8-13(2)15-6-4-5-7-16(15)17/h4-12,18-19H,3H2,1-2H3. The Balaban J connectivity index is 2.19. The van der Waals surface area contributed by atoms with E-state index in [1.54, 1.807) is 11.3 Å². The van der Waals surface area contributed by atoms with Crippen LogP contribution in [0.2, 0.25) is 0 Å². The number of benzene rings is 2. The van der Waals surface area contributed by atoms with Gasteiger partial charge in [0.05, 0.1) is 6.04 Å². The number of hydrogen-bond acceptors (Lipinski definition) is 2. The van der Waals surface area contributed by atoms with Crippen LogP contribution in [-0.4, -0.2) is 6.54 Å². The Morgan fingerprint density at radius 1 is 1.05 bits per heavy atom. The van der Waals surface area contributed by atoms with Crippen molar-refractivity contribution in [1.29, 1.82) is 0 Å². The largest absolute Gasteiger partial charge is 0.306 e. The Bertz CT molecular complexity index is 701. The van der Waals surface area contributed by atoms with E-state index in [0.29, 0.717) is 0 Å². The SMILES string of the molecule is CCNC(c1ccsc1)c1ccc(C)c2ccccc12. The summed E-state index contributed by atoms with van der Waals surface area (Å²) in [5, 5.41) is 10.7. The van der Waals surface area contributed by atoms with Crippen molar-refractivity contribution in [3.8, 4) is 0 Å². The first-order chi connectivity index (χ1) is 9.81. The molecule has 102 valence electrons. The zero-order valence-electron chi connectivity index (χ0n) is 11.9. The molecule has 0 radical (unpaired) electrons. The van der Waals surface area contributed by atoms with Gasteiger partial charge in [0.15, 0.2) is 0 Å². The normalized spacial score (nSPS) is 12.7. The summed E-state index contributed by atoms with van der Waals surface area (Å²) in [5.41, 5.74) is 4.06. The Kier molecular flexibility index (Phi) is 3.86. The number of rotatable bonds is 4. The van der Waals surface area contributed by atoms with Gasteiger partial charge in [0, 0.05) is 0 Å². The quantitative estimate of drug-likeness (QED) is 0.716. The summed E-state index contributed by atoms with van der Waals surface area (Å²) in [6.45, 7) is 5.30. The van der Waals surface area contributed by atoms with Crippen LogP contribution in [0.1, 0.15) is 29.7 Å². The first-order valence-electron chi connectivity index (χ1n) is 7.05. The highest BCUT2D eigenvalue weighted by Crippen LogP contribution is 2.31. The van der Waals surface area contributed by atoms with E-state index >= 15 is 0 Å². The molecule has 0 aliphatic heterocycles. The molecule has 1 unspecified atom stereocenters. The maximum absolute atomic E-state index is 3.62. The Morgan fingerprint density at radius 3 is 2.55 bits per heavy atom. The van der Waals surface area contributed by atoms with E-state index in [2.05, 4.69) is 72.4 Å². The molecule has 0 saturated carbocycles. The lowest BCUT2D eigenvalue weighted by molar-refractivity contribution is 0.636. The van der Waals surface area contributed by atoms with Gasteiger partial charge in [-0.1, -0.05) is 43.3 Å². The van der Waals surface area contributed by atoms with Crippen LogP contribution < -0.4 is 5.32 Å². The molecule has 0 amide bonds. The molecule has 3 rings (SSSR count). The lowest BCUT2D eigenvalue weighted by Gasteiger charge is -2.20. The highest BCUT2D eigenvalue weighted by atomic mass is 32.1. The fourth-order valence-corrected chi connectivity index (χ4v) is 3.46. The average molecular weight is 281 g/mol. The second-order valence-corrected chi connectivity index (χ2v) is 5.84. The van der Waals surface area contributed by atoms with Crippen molar-refractivity contribution in [2.24, 2.45) is 0 Å². The molecule has 0 aliphatic rings. The molecular weight excluding hydrogens is 262 g/mol. The highest BCUT2D eigenvalue weighted by molar-refractivity contribution is 7.08. The van der Waals surface area contributed by atoms with Gasteiger partial charge in [-0.05, 0) is 57.8 Å². The number of thiophene rings is 1. The van der Waals surface area contributed by atoms with Gasteiger partial charge in [0.25, 0.3) is 0 Å². The number of nitrogens with one attached hydrogen (secondary N) is 1. The molecule has 1 aromatic heterocycles. The van der Waals surface area contributed by atoms with Crippen molar-refractivity contribution in [2.45, 2.75) is 19.9 Å². The summed E-state index contributed by atoms with van der Waals surface area (Å²) in [5.74, 6) is 0. The molecule has 0 saturated heterocycles. The molecular formula is C18H19NS. The van der Waals surface area contributed by atoms with Crippen LogP contribution >= 0.6 is 11.3 Å². The summed E-state index contributed by atoms with van der Waals surface area (Å²) in [4.78, 5) is 0. The molecule has 1 N–H and O–H groups in total. The lowest BCUT2D eigenvalue weighted by atomic mass is 9.93. The van der Waals surface area contributed by atoms with E-state index in [0.717, 1.165) is 6.54 Å².